The van der Waals surface area contributed by atoms with Crippen molar-refractivity contribution in [1.29, 1.82) is 0 Å². The summed E-state index contributed by atoms with van der Waals surface area (Å²) >= 11 is 0. The van der Waals surface area contributed by atoms with Gasteiger partial charge in [0, 0.05) is 12.0 Å². The largest absolute Gasteiger partial charge is 0.410 e. The third-order valence-electron chi connectivity index (χ3n) is 2.43. The van der Waals surface area contributed by atoms with Crippen LogP contribution in [0, 0.1) is 0 Å². The molecule has 98 valence electrons. The smallest absolute Gasteiger partial charge is 0.184 e. The Morgan fingerprint density at radius 2 is 1.94 bits per heavy atom. The van der Waals surface area contributed by atoms with E-state index in [1.165, 1.54) is 0 Å². The first kappa shape index (κ1) is 16.3. The highest BCUT2D eigenvalue weighted by atomic mass is 28.4. The van der Waals surface area contributed by atoms with Gasteiger partial charge in [-0.3, -0.25) is 0 Å². The van der Waals surface area contributed by atoms with E-state index in [9.17, 15) is 9.59 Å². The monoisotopic (exact) mass is 256 g/mol. The normalized spacial score (nSPS) is 12.9. The summed E-state index contributed by atoms with van der Waals surface area (Å²) in [6.07, 6.45) is 5.26. The zero-order valence-corrected chi connectivity index (χ0v) is 12.4. The second-order valence-electron chi connectivity index (χ2n) is 5.31. The van der Waals surface area contributed by atoms with Gasteiger partial charge in [0.05, 0.1) is 6.10 Å². The van der Waals surface area contributed by atoms with Crippen LogP contribution in [0.25, 0.3) is 0 Å². The molecule has 1 unspecified atom stereocenters. The van der Waals surface area contributed by atoms with E-state index in [-0.39, 0.29) is 6.10 Å². The average molecular weight is 256 g/mol. The topological polar surface area (TPSA) is 43.4 Å². The maximum atomic E-state index is 10.7. The highest BCUT2D eigenvalue weighted by Gasteiger charge is 2.22. The number of hydrogen-bond donors (Lipinski definition) is 0. The molecule has 0 heterocycles. The summed E-state index contributed by atoms with van der Waals surface area (Å²) in [5, 5.41) is 0. The van der Waals surface area contributed by atoms with E-state index in [0.29, 0.717) is 12.0 Å². The van der Waals surface area contributed by atoms with Gasteiger partial charge in [0.1, 0.15) is 12.2 Å². The first-order valence-electron chi connectivity index (χ1n) is 6.23. The van der Waals surface area contributed by atoms with Crippen LogP contribution in [0.2, 0.25) is 19.6 Å². The number of hydrogen-bond acceptors (Lipinski definition) is 3. The summed E-state index contributed by atoms with van der Waals surface area (Å²) in [5.74, 6) is 1.95. The first-order chi connectivity index (χ1) is 7.90. The summed E-state index contributed by atoms with van der Waals surface area (Å²) in [7, 11) is -1.63. The van der Waals surface area contributed by atoms with E-state index >= 15 is 0 Å². The number of aldehydes is 1. The van der Waals surface area contributed by atoms with E-state index in [0.717, 1.165) is 32.0 Å². The SMILES string of the molecule is CC(=C=O)C(CCCCCC=O)O[Si](C)(C)C. The predicted molar refractivity (Wildman–Crippen MR) is 72.2 cm³/mol. The van der Waals surface area contributed by atoms with Gasteiger partial charge in [-0.1, -0.05) is 12.8 Å². The molecule has 0 aromatic heterocycles. The highest BCUT2D eigenvalue weighted by Crippen LogP contribution is 2.18. The Kier molecular flexibility index (Phi) is 8.05. The molecule has 3 nitrogen and oxygen atoms in total. The molecule has 1 atom stereocenters. The fourth-order valence-electron chi connectivity index (χ4n) is 1.59. The Morgan fingerprint density at radius 1 is 1.29 bits per heavy atom. The third-order valence-corrected chi connectivity index (χ3v) is 3.42. The molecule has 0 aliphatic heterocycles. The second-order valence-corrected chi connectivity index (χ2v) is 9.77. The molecule has 4 heteroatoms. The van der Waals surface area contributed by atoms with Crippen molar-refractivity contribution in [1.82, 2.24) is 0 Å². The van der Waals surface area contributed by atoms with Gasteiger partial charge in [0.15, 0.2) is 8.32 Å². The van der Waals surface area contributed by atoms with Crippen molar-refractivity contribution in [2.45, 2.75) is 64.8 Å². The molecular weight excluding hydrogens is 232 g/mol. The molecule has 0 aliphatic rings. The van der Waals surface area contributed by atoms with Crippen LogP contribution in [0.1, 0.15) is 39.0 Å². The van der Waals surface area contributed by atoms with Gasteiger partial charge in [-0.15, -0.1) is 0 Å². The molecule has 0 bridgehead atoms. The molecule has 0 N–H and O–H groups in total. The summed E-state index contributed by atoms with van der Waals surface area (Å²) in [5.41, 5.74) is 0.655. The molecule has 0 saturated carbocycles. The van der Waals surface area contributed by atoms with Gasteiger partial charge in [-0.2, -0.15) is 0 Å². The molecule has 0 amide bonds. The van der Waals surface area contributed by atoms with Crippen molar-refractivity contribution in [3.05, 3.63) is 5.57 Å². The average Bonchev–Trinajstić information content (AvgIpc) is 2.24. The van der Waals surface area contributed by atoms with Crippen molar-refractivity contribution in [2.75, 3.05) is 0 Å². The van der Waals surface area contributed by atoms with E-state index in [1.807, 2.05) is 5.94 Å². The molecule has 17 heavy (non-hydrogen) atoms. The lowest BCUT2D eigenvalue weighted by atomic mass is 10.1. The molecule has 0 aromatic rings. The molecule has 0 fully saturated rings. The van der Waals surface area contributed by atoms with Gasteiger partial charge >= 0.3 is 0 Å². The Morgan fingerprint density at radius 3 is 2.41 bits per heavy atom. The molecule has 0 spiro atoms. The highest BCUT2D eigenvalue weighted by molar-refractivity contribution is 6.69. The summed E-state index contributed by atoms with van der Waals surface area (Å²) < 4.78 is 5.97. The van der Waals surface area contributed by atoms with Crippen molar-refractivity contribution in [3.63, 3.8) is 0 Å². The fraction of sp³-hybridized carbons (Fsp3) is 0.769. The molecule has 0 saturated heterocycles. The summed E-state index contributed by atoms with van der Waals surface area (Å²) in [6, 6.07) is 0. The fourth-order valence-corrected chi connectivity index (χ4v) is 2.74. The van der Waals surface area contributed by atoms with Crippen LogP contribution in [0.4, 0.5) is 0 Å². The van der Waals surface area contributed by atoms with Crippen LogP contribution in [0.3, 0.4) is 0 Å². The van der Waals surface area contributed by atoms with E-state index < -0.39 is 8.32 Å². The van der Waals surface area contributed by atoms with Crippen LogP contribution in [0.15, 0.2) is 5.57 Å². The van der Waals surface area contributed by atoms with Crippen LogP contribution in [-0.2, 0) is 14.0 Å². The Bertz CT molecular complexity index is 275. The number of unbranched alkanes of at least 4 members (excludes halogenated alkanes) is 3. The second kappa shape index (κ2) is 8.40. The van der Waals surface area contributed by atoms with Gasteiger partial charge in [0.2, 0.25) is 0 Å². The van der Waals surface area contributed by atoms with Gasteiger partial charge in [-0.05, 0) is 39.4 Å². The molecule has 0 aliphatic carbocycles. The zero-order chi connectivity index (χ0) is 13.3. The van der Waals surface area contributed by atoms with Gasteiger partial charge in [0.25, 0.3) is 0 Å². The summed E-state index contributed by atoms with van der Waals surface area (Å²) in [6.45, 7) is 8.13. The Balaban J connectivity index is 4.13. The van der Waals surface area contributed by atoms with Crippen LogP contribution < -0.4 is 0 Å². The first-order valence-corrected chi connectivity index (χ1v) is 9.64. The van der Waals surface area contributed by atoms with E-state index in [4.69, 9.17) is 4.43 Å². The Hall–Kier alpha value is -0.703. The maximum Gasteiger partial charge on any atom is 0.184 e. The van der Waals surface area contributed by atoms with Crippen molar-refractivity contribution in [3.8, 4) is 0 Å². The maximum absolute atomic E-state index is 10.7. The van der Waals surface area contributed by atoms with E-state index in [2.05, 4.69) is 19.6 Å². The van der Waals surface area contributed by atoms with Gasteiger partial charge in [-0.25, -0.2) is 4.79 Å². The van der Waals surface area contributed by atoms with Crippen molar-refractivity contribution in [2.24, 2.45) is 0 Å². The lowest BCUT2D eigenvalue weighted by Crippen LogP contribution is -2.32. The minimum Gasteiger partial charge on any atom is -0.410 e. The summed E-state index contributed by atoms with van der Waals surface area (Å²) in [4.78, 5) is 20.9. The van der Waals surface area contributed by atoms with E-state index in [1.54, 1.807) is 6.92 Å². The lowest BCUT2D eigenvalue weighted by Gasteiger charge is -2.25. The van der Waals surface area contributed by atoms with Gasteiger partial charge < -0.3 is 9.22 Å². The molecule has 0 aromatic carbocycles. The minimum atomic E-state index is -1.63. The molecule has 0 rings (SSSR count). The standard InChI is InChI=1S/C13H24O3Si/c1-12(11-15)13(16-17(2,3)4)9-7-5-6-8-10-14/h10,13H,5-9H2,1-4H3. The lowest BCUT2D eigenvalue weighted by molar-refractivity contribution is -0.107. The molecular formula is C13H24O3Si. The zero-order valence-electron chi connectivity index (χ0n) is 11.4. The number of rotatable bonds is 9. The number of carbonyl (C=O) groups excluding carboxylic acids is 2. The predicted octanol–water partition coefficient (Wildman–Crippen LogP) is 3.13. The van der Waals surface area contributed by atoms with Crippen LogP contribution in [0.5, 0.6) is 0 Å². The minimum absolute atomic E-state index is 0.0876. The van der Waals surface area contributed by atoms with Crippen molar-refractivity contribution < 1.29 is 14.0 Å². The van der Waals surface area contributed by atoms with Crippen LogP contribution >= 0.6 is 0 Å². The quantitative estimate of drug-likeness (QED) is 0.275. The number of carbonyl (C=O) groups is 1. The van der Waals surface area contributed by atoms with Crippen LogP contribution in [-0.4, -0.2) is 26.6 Å². The third kappa shape index (κ3) is 9.04. The molecule has 0 radical (unpaired) electrons. The van der Waals surface area contributed by atoms with Crippen molar-refractivity contribution >= 4 is 20.5 Å². The Labute approximate surface area is 105 Å².